The molecule has 0 aromatic carbocycles. The molecule has 0 heterocycles. The molecule has 0 aliphatic heterocycles. The Morgan fingerprint density at radius 2 is 1.50 bits per heavy atom. The molecule has 0 aliphatic carbocycles. The van der Waals surface area contributed by atoms with Gasteiger partial charge < -0.3 is 5.73 Å². The van der Waals surface area contributed by atoms with Crippen LogP contribution in [-0.4, -0.2) is 6.54 Å². The second kappa shape index (κ2) is 7.60. The molecule has 0 radical (unpaired) electrons. The minimum Gasteiger partial charge on any atom is -0.330 e. The molecule has 0 amide bonds. The van der Waals surface area contributed by atoms with Crippen molar-refractivity contribution in [2.24, 2.45) is 17.6 Å². The number of hydrogen-bond donors (Lipinski definition) is 1. The first-order valence-corrected chi connectivity index (χ1v) is 5.37. The van der Waals surface area contributed by atoms with E-state index in [1.54, 1.807) is 0 Å². The number of hydrogen-bond acceptors (Lipinski definition) is 1. The lowest BCUT2D eigenvalue weighted by Crippen LogP contribution is -2.05. The highest BCUT2D eigenvalue weighted by Crippen LogP contribution is 2.14. The van der Waals surface area contributed by atoms with E-state index in [4.69, 9.17) is 5.73 Å². The van der Waals surface area contributed by atoms with Crippen LogP contribution in [0.15, 0.2) is 0 Å². The zero-order valence-electron chi connectivity index (χ0n) is 8.97. The van der Waals surface area contributed by atoms with Gasteiger partial charge in [-0.2, -0.15) is 0 Å². The van der Waals surface area contributed by atoms with Crippen LogP contribution in [0.4, 0.5) is 0 Å². The van der Waals surface area contributed by atoms with Crippen molar-refractivity contribution in [1.82, 2.24) is 0 Å². The Kier molecular flexibility index (Phi) is 7.58. The molecule has 1 atom stereocenters. The van der Waals surface area contributed by atoms with Crippen LogP contribution >= 0.6 is 0 Å². The average molecular weight is 171 g/mol. The third kappa shape index (κ3) is 8.06. The molecule has 0 rings (SSSR count). The third-order valence-electron chi connectivity index (χ3n) is 2.39. The largest absolute Gasteiger partial charge is 0.330 e. The maximum absolute atomic E-state index is 5.48. The van der Waals surface area contributed by atoms with Crippen molar-refractivity contribution in [3.8, 4) is 0 Å². The predicted molar refractivity (Wildman–Crippen MR) is 56.1 cm³/mol. The highest BCUT2D eigenvalue weighted by Gasteiger charge is 2.00. The maximum Gasteiger partial charge on any atom is -0.00747 e. The quantitative estimate of drug-likeness (QED) is 0.585. The van der Waals surface area contributed by atoms with Crippen molar-refractivity contribution in [1.29, 1.82) is 0 Å². The van der Waals surface area contributed by atoms with Crippen LogP contribution in [0.25, 0.3) is 0 Å². The van der Waals surface area contributed by atoms with Crippen molar-refractivity contribution in [3.63, 3.8) is 0 Å². The van der Waals surface area contributed by atoms with Crippen molar-refractivity contribution in [3.05, 3.63) is 0 Å². The van der Waals surface area contributed by atoms with E-state index in [0.717, 1.165) is 18.4 Å². The summed E-state index contributed by atoms with van der Waals surface area (Å²) in [4.78, 5) is 0. The second-order valence-corrected chi connectivity index (χ2v) is 4.36. The summed E-state index contributed by atoms with van der Waals surface area (Å²) >= 11 is 0. The number of unbranched alkanes of at least 4 members (excludes halogenated alkanes) is 1. The van der Waals surface area contributed by atoms with Gasteiger partial charge in [-0.05, 0) is 24.8 Å². The minimum absolute atomic E-state index is 0.835. The molecule has 12 heavy (non-hydrogen) atoms. The first kappa shape index (κ1) is 12.0. The van der Waals surface area contributed by atoms with Crippen molar-refractivity contribution in [2.75, 3.05) is 6.54 Å². The molecule has 74 valence electrons. The molecule has 0 aromatic rings. The Hall–Kier alpha value is -0.0400. The molecule has 0 fully saturated rings. The predicted octanol–water partition coefficient (Wildman–Crippen LogP) is 3.19. The molecular weight excluding hydrogens is 146 g/mol. The van der Waals surface area contributed by atoms with E-state index < -0.39 is 0 Å². The van der Waals surface area contributed by atoms with Crippen LogP contribution in [0.1, 0.15) is 52.9 Å². The zero-order valence-corrected chi connectivity index (χ0v) is 8.97. The van der Waals surface area contributed by atoms with Gasteiger partial charge in [0.2, 0.25) is 0 Å². The fraction of sp³-hybridized carbons (Fsp3) is 1.00. The summed E-state index contributed by atoms with van der Waals surface area (Å²) in [5, 5.41) is 0. The summed E-state index contributed by atoms with van der Waals surface area (Å²) in [6, 6.07) is 0. The molecule has 1 heteroatoms. The smallest absolute Gasteiger partial charge is 0.00747 e. The van der Waals surface area contributed by atoms with Gasteiger partial charge >= 0.3 is 0 Å². The second-order valence-electron chi connectivity index (χ2n) is 4.36. The van der Waals surface area contributed by atoms with Gasteiger partial charge in [0, 0.05) is 0 Å². The van der Waals surface area contributed by atoms with E-state index in [1.165, 1.54) is 32.1 Å². The lowest BCUT2D eigenvalue weighted by Gasteiger charge is -2.09. The Morgan fingerprint density at radius 3 is 2.00 bits per heavy atom. The summed E-state index contributed by atoms with van der Waals surface area (Å²) < 4.78 is 0. The molecule has 0 saturated carbocycles. The van der Waals surface area contributed by atoms with Gasteiger partial charge in [-0.3, -0.25) is 0 Å². The molecule has 0 spiro atoms. The first-order valence-electron chi connectivity index (χ1n) is 5.37. The van der Waals surface area contributed by atoms with Gasteiger partial charge in [0.05, 0.1) is 0 Å². The van der Waals surface area contributed by atoms with Crippen LogP contribution in [0, 0.1) is 11.8 Å². The van der Waals surface area contributed by atoms with Crippen LogP contribution in [0.3, 0.4) is 0 Å². The van der Waals surface area contributed by atoms with Crippen LogP contribution in [0.2, 0.25) is 0 Å². The zero-order chi connectivity index (χ0) is 9.40. The first-order chi connectivity index (χ1) is 5.66. The van der Waals surface area contributed by atoms with E-state index in [1.807, 2.05) is 0 Å². The number of rotatable bonds is 7. The summed E-state index contributed by atoms with van der Waals surface area (Å²) in [5.74, 6) is 1.71. The summed E-state index contributed by atoms with van der Waals surface area (Å²) in [5.41, 5.74) is 5.48. The standard InChI is InChI=1S/C11H25N/c1-10(2)6-4-5-7-11(3)8-9-12/h10-11H,4-9,12H2,1-3H3. The van der Waals surface area contributed by atoms with E-state index in [-0.39, 0.29) is 0 Å². The topological polar surface area (TPSA) is 26.0 Å². The monoisotopic (exact) mass is 171 g/mol. The molecule has 1 unspecified atom stereocenters. The Bertz CT molecular complexity index is 89.0. The van der Waals surface area contributed by atoms with Gasteiger partial charge in [0.1, 0.15) is 0 Å². The van der Waals surface area contributed by atoms with Crippen LogP contribution < -0.4 is 5.73 Å². The van der Waals surface area contributed by atoms with Gasteiger partial charge in [0.25, 0.3) is 0 Å². The van der Waals surface area contributed by atoms with E-state index >= 15 is 0 Å². The molecule has 0 aliphatic rings. The third-order valence-corrected chi connectivity index (χ3v) is 2.39. The molecule has 0 aromatic heterocycles. The van der Waals surface area contributed by atoms with Gasteiger partial charge in [-0.25, -0.2) is 0 Å². The van der Waals surface area contributed by atoms with Gasteiger partial charge in [0.15, 0.2) is 0 Å². The lowest BCUT2D eigenvalue weighted by molar-refractivity contribution is 0.446. The molecular formula is C11H25N. The maximum atomic E-state index is 5.48. The van der Waals surface area contributed by atoms with E-state index in [2.05, 4.69) is 20.8 Å². The van der Waals surface area contributed by atoms with Crippen LogP contribution in [0.5, 0.6) is 0 Å². The van der Waals surface area contributed by atoms with Crippen LogP contribution in [-0.2, 0) is 0 Å². The molecule has 0 bridgehead atoms. The van der Waals surface area contributed by atoms with Crippen molar-refractivity contribution in [2.45, 2.75) is 52.9 Å². The Labute approximate surface area is 77.7 Å². The summed E-state index contributed by atoms with van der Waals surface area (Å²) in [7, 11) is 0. The molecule has 1 nitrogen and oxygen atoms in total. The normalized spacial score (nSPS) is 13.8. The highest BCUT2D eigenvalue weighted by atomic mass is 14.5. The van der Waals surface area contributed by atoms with Crippen molar-refractivity contribution >= 4 is 0 Å². The summed E-state index contributed by atoms with van der Waals surface area (Å²) in [6.07, 6.45) is 6.73. The van der Waals surface area contributed by atoms with Crippen molar-refractivity contribution < 1.29 is 0 Å². The Balaban J connectivity index is 3.08. The average Bonchev–Trinajstić information content (AvgIpc) is 1.98. The van der Waals surface area contributed by atoms with Gasteiger partial charge in [-0.15, -0.1) is 0 Å². The fourth-order valence-electron chi connectivity index (χ4n) is 1.47. The number of nitrogens with two attached hydrogens (primary N) is 1. The Morgan fingerprint density at radius 1 is 0.917 bits per heavy atom. The summed E-state index contributed by atoms with van der Waals surface area (Å²) in [6.45, 7) is 7.75. The lowest BCUT2D eigenvalue weighted by atomic mass is 9.98. The molecule has 2 N–H and O–H groups in total. The SMILES string of the molecule is CC(C)CCCCC(C)CCN. The highest BCUT2D eigenvalue weighted by molar-refractivity contribution is 4.55. The molecule has 0 saturated heterocycles. The van der Waals surface area contributed by atoms with Gasteiger partial charge in [-0.1, -0.05) is 46.5 Å². The minimum atomic E-state index is 0.835. The van der Waals surface area contributed by atoms with E-state index in [9.17, 15) is 0 Å². The fourth-order valence-corrected chi connectivity index (χ4v) is 1.47. The van der Waals surface area contributed by atoms with E-state index in [0.29, 0.717) is 0 Å².